The van der Waals surface area contributed by atoms with Crippen LogP contribution in [0.1, 0.15) is 16.7 Å². The average Bonchev–Trinajstić information content (AvgIpc) is 2.50. The number of rotatable bonds is 5. The highest BCUT2D eigenvalue weighted by atomic mass is 32.2. The van der Waals surface area contributed by atoms with E-state index >= 15 is 0 Å². The molecule has 0 bridgehead atoms. The Balaban J connectivity index is 2.18. The number of hydrogen-bond donors (Lipinski definition) is 1. The van der Waals surface area contributed by atoms with Crippen molar-refractivity contribution in [1.29, 1.82) is 0 Å². The van der Waals surface area contributed by atoms with Crippen molar-refractivity contribution in [3.63, 3.8) is 0 Å². The highest BCUT2D eigenvalue weighted by Gasteiger charge is 2.26. The Labute approximate surface area is 151 Å². The van der Waals surface area contributed by atoms with Gasteiger partial charge in [0.25, 0.3) is 0 Å². The normalized spacial score (nSPS) is 11.7. The number of nitrogens with one attached hydrogen (secondary N) is 1. The van der Waals surface area contributed by atoms with Gasteiger partial charge in [0.15, 0.2) is 0 Å². The van der Waals surface area contributed by atoms with Crippen LogP contribution in [0.2, 0.25) is 0 Å². The van der Waals surface area contributed by atoms with Crippen molar-refractivity contribution >= 4 is 21.6 Å². The van der Waals surface area contributed by atoms with Gasteiger partial charge >= 0.3 is 0 Å². The number of sulfonamides is 1. The fraction of sp³-hybridized carbons (Fsp3) is 0.278. The lowest BCUT2D eigenvalue weighted by Gasteiger charge is -2.18. The Kier molecular flexibility index (Phi) is 5.77. The van der Waals surface area contributed by atoms with Crippen LogP contribution in [0.5, 0.6) is 0 Å². The van der Waals surface area contributed by atoms with E-state index in [1.54, 1.807) is 0 Å². The van der Waals surface area contributed by atoms with Crippen LogP contribution in [0, 0.1) is 32.4 Å². The monoisotopic (exact) mass is 382 g/mol. The molecular formula is C18H20F2N2O3S. The standard InChI is InChI=1S/C18H20F2N2O3S/c1-11-7-12(2)18(13(3)8-11)21-17(23)10-22(4)26(24,25)16-6-5-14(19)9-15(16)20/h5-9H,10H2,1-4H3,(H,21,23). The second-order valence-corrected chi connectivity index (χ2v) is 8.17. The molecule has 0 aromatic heterocycles. The Bertz CT molecular complexity index is 936. The maximum Gasteiger partial charge on any atom is 0.246 e. The SMILES string of the molecule is Cc1cc(C)c(NC(=O)CN(C)S(=O)(=O)c2ccc(F)cc2F)c(C)c1. The number of hydrogen-bond acceptors (Lipinski definition) is 3. The maximum atomic E-state index is 13.8. The third-order valence-electron chi connectivity index (χ3n) is 3.89. The molecule has 0 aliphatic rings. The molecule has 0 aliphatic carbocycles. The molecule has 0 saturated heterocycles. The number of amides is 1. The Morgan fingerprint density at radius 3 is 2.19 bits per heavy atom. The molecule has 0 unspecified atom stereocenters. The molecule has 0 atom stereocenters. The van der Waals surface area contributed by atoms with Crippen LogP contribution < -0.4 is 5.32 Å². The Morgan fingerprint density at radius 1 is 1.08 bits per heavy atom. The predicted octanol–water partition coefficient (Wildman–Crippen LogP) is 3.15. The second kappa shape index (κ2) is 7.51. The van der Waals surface area contributed by atoms with E-state index in [4.69, 9.17) is 0 Å². The molecule has 140 valence electrons. The molecule has 0 aliphatic heterocycles. The molecule has 0 spiro atoms. The first-order valence-electron chi connectivity index (χ1n) is 7.81. The summed E-state index contributed by atoms with van der Waals surface area (Å²) in [5, 5.41) is 2.69. The second-order valence-electron chi connectivity index (χ2n) is 6.16. The van der Waals surface area contributed by atoms with Gasteiger partial charge in [0.2, 0.25) is 15.9 Å². The molecule has 8 heteroatoms. The molecule has 5 nitrogen and oxygen atoms in total. The third kappa shape index (κ3) is 4.25. The van der Waals surface area contributed by atoms with Crippen LogP contribution >= 0.6 is 0 Å². The van der Waals surface area contributed by atoms with Gasteiger partial charge in [0, 0.05) is 18.8 Å². The fourth-order valence-electron chi connectivity index (χ4n) is 2.70. The summed E-state index contributed by atoms with van der Waals surface area (Å²) in [6, 6.07) is 5.97. The lowest BCUT2D eigenvalue weighted by Crippen LogP contribution is -2.35. The zero-order chi connectivity index (χ0) is 19.6. The van der Waals surface area contributed by atoms with Crippen molar-refractivity contribution in [3.05, 3.63) is 58.7 Å². The molecule has 0 radical (unpaired) electrons. The molecule has 26 heavy (non-hydrogen) atoms. The minimum absolute atomic E-state index is 0.486. The van der Waals surface area contributed by atoms with Gasteiger partial charge in [-0.2, -0.15) is 4.31 Å². The van der Waals surface area contributed by atoms with Crippen LogP contribution in [0.3, 0.4) is 0 Å². The van der Waals surface area contributed by atoms with E-state index in [1.165, 1.54) is 0 Å². The van der Waals surface area contributed by atoms with Crippen molar-refractivity contribution < 1.29 is 22.0 Å². The van der Waals surface area contributed by atoms with E-state index in [9.17, 15) is 22.0 Å². The van der Waals surface area contributed by atoms with Crippen molar-refractivity contribution in [2.24, 2.45) is 0 Å². The van der Waals surface area contributed by atoms with Crippen LogP contribution in [-0.2, 0) is 14.8 Å². The predicted molar refractivity (Wildman–Crippen MR) is 95.5 cm³/mol. The number of benzene rings is 2. The molecule has 0 fully saturated rings. The van der Waals surface area contributed by atoms with E-state index in [-0.39, 0.29) is 0 Å². The first-order chi connectivity index (χ1) is 12.0. The number of nitrogens with zero attached hydrogens (tertiary/aromatic N) is 1. The van der Waals surface area contributed by atoms with E-state index in [2.05, 4.69) is 5.32 Å². The number of halogens is 2. The molecule has 0 saturated carbocycles. The zero-order valence-corrected chi connectivity index (χ0v) is 15.7. The first kappa shape index (κ1) is 20.0. The number of carbonyl (C=O) groups excluding carboxylic acids is 1. The lowest BCUT2D eigenvalue weighted by atomic mass is 10.1. The van der Waals surface area contributed by atoms with Crippen molar-refractivity contribution in [2.45, 2.75) is 25.7 Å². The van der Waals surface area contributed by atoms with Gasteiger partial charge in [-0.1, -0.05) is 17.7 Å². The van der Waals surface area contributed by atoms with E-state index < -0.39 is 39.0 Å². The highest BCUT2D eigenvalue weighted by molar-refractivity contribution is 7.89. The number of likely N-dealkylation sites (N-methyl/N-ethyl adjacent to an activating group) is 1. The summed E-state index contributed by atoms with van der Waals surface area (Å²) < 4.78 is 52.3. The summed E-state index contributed by atoms with van der Waals surface area (Å²) in [4.78, 5) is 11.6. The molecule has 2 aromatic carbocycles. The van der Waals surface area contributed by atoms with Gasteiger partial charge < -0.3 is 5.32 Å². The van der Waals surface area contributed by atoms with Gasteiger partial charge in [0.1, 0.15) is 16.5 Å². The molecule has 1 amide bonds. The van der Waals surface area contributed by atoms with Gasteiger partial charge in [-0.05, 0) is 44.0 Å². The average molecular weight is 382 g/mol. The minimum atomic E-state index is -4.27. The third-order valence-corrected chi connectivity index (χ3v) is 5.73. The van der Waals surface area contributed by atoms with Crippen LogP contribution in [0.4, 0.5) is 14.5 Å². The lowest BCUT2D eigenvalue weighted by molar-refractivity contribution is -0.116. The smallest absolute Gasteiger partial charge is 0.246 e. The minimum Gasteiger partial charge on any atom is -0.324 e. The van der Waals surface area contributed by atoms with Gasteiger partial charge in [-0.3, -0.25) is 4.79 Å². The van der Waals surface area contributed by atoms with Crippen molar-refractivity contribution in [2.75, 3.05) is 18.9 Å². The van der Waals surface area contributed by atoms with Crippen LogP contribution in [0.15, 0.2) is 35.2 Å². The Morgan fingerprint density at radius 2 is 1.65 bits per heavy atom. The fourth-order valence-corrected chi connectivity index (χ4v) is 3.86. The summed E-state index contributed by atoms with van der Waals surface area (Å²) >= 11 is 0. The van der Waals surface area contributed by atoms with E-state index in [0.717, 1.165) is 40.2 Å². The molecular weight excluding hydrogens is 362 g/mol. The Hall–Kier alpha value is -2.32. The zero-order valence-electron chi connectivity index (χ0n) is 14.9. The first-order valence-corrected chi connectivity index (χ1v) is 9.25. The van der Waals surface area contributed by atoms with Crippen LogP contribution in [0.25, 0.3) is 0 Å². The van der Waals surface area contributed by atoms with Crippen molar-refractivity contribution in [1.82, 2.24) is 4.31 Å². The van der Waals surface area contributed by atoms with Crippen LogP contribution in [-0.4, -0.2) is 32.2 Å². The van der Waals surface area contributed by atoms with E-state index in [0.29, 0.717) is 11.8 Å². The highest BCUT2D eigenvalue weighted by Crippen LogP contribution is 2.23. The topological polar surface area (TPSA) is 66.5 Å². The van der Waals surface area contributed by atoms with Gasteiger partial charge in [0.05, 0.1) is 6.54 Å². The van der Waals surface area contributed by atoms with Crippen molar-refractivity contribution in [3.8, 4) is 0 Å². The molecule has 0 heterocycles. The number of carbonyl (C=O) groups is 1. The summed E-state index contributed by atoms with van der Waals surface area (Å²) in [6.45, 7) is 5.10. The number of anilines is 1. The largest absolute Gasteiger partial charge is 0.324 e. The quantitative estimate of drug-likeness (QED) is 0.864. The number of aryl methyl sites for hydroxylation is 3. The van der Waals surface area contributed by atoms with Gasteiger partial charge in [-0.15, -0.1) is 0 Å². The summed E-state index contributed by atoms with van der Waals surface area (Å²) in [6.07, 6.45) is 0. The maximum absolute atomic E-state index is 13.8. The summed E-state index contributed by atoms with van der Waals surface area (Å²) in [5.74, 6) is -2.65. The van der Waals surface area contributed by atoms with Gasteiger partial charge in [-0.25, -0.2) is 17.2 Å². The summed E-state index contributed by atoms with van der Waals surface area (Å²) in [7, 11) is -3.11. The molecule has 2 rings (SSSR count). The molecule has 1 N–H and O–H groups in total. The molecule has 2 aromatic rings. The summed E-state index contributed by atoms with van der Waals surface area (Å²) in [5.41, 5.74) is 3.36. The van der Waals surface area contributed by atoms with E-state index in [1.807, 2.05) is 32.9 Å².